The molecule has 1 aromatic carbocycles. The molecule has 0 aromatic heterocycles. The van der Waals surface area contributed by atoms with E-state index in [1.807, 2.05) is 24.3 Å². The molecule has 1 aliphatic heterocycles. The molecule has 0 radical (unpaired) electrons. The van der Waals surface area contributed by atoms with E-state index in [1.54, 1.807) is 4.90 Å². The second kappa shape index (κ2) is 8.54. The van der Waals surface area contributed by atoms with Gasteiger partial charge in [-0.05, 0) is 51.9 Å². The Hall–Kier alpha value is -2.08. The highest BCUT2D eigenvalue weighted by molar-refractivity contribution is 5.97. The molecule has 1 N–H and O–H groups in total. The monoisotopic (exact) mass is 359 g/mol. The van der Waals surface area contributed by atoms with Gasteiger partial charge in [-0.25, -0.2) is 0 Å². The Balaban J connectivity index is 1.48. The van der Waals surface area contributed by atoms with Crippen molar-refractivity contribution in [3.05, 3.63) is 24.3 Å². The van der Waals surface area contributed by atoms with Crippen LogP contribution in [0.5, 0.6) is 5.75 Å². The largest absolute Gasteiger partial charge is 0.490 e. The summed E-state index contributed by atoms with van der Waals surface area (Å²) >= 11 is 0. The van der Waals surface area contributed by atoms with Crippen molar-refractivity contribution in [3.8, 4) is 5.75 Å². The van der Waals surface area contributed by atoms with Crippen LogP contribution >= 0.6 is 0 Å². The molecule has 1 fully saturated rings. The minimum atomic E-state index is -0.0238. The molecule has 0 saturated heterocycles. The molecule has 0 unspecified atom stereocenters. The zero-order valence-electron chi connectivity index (χ0n) is 15.7. The molecule has 1 aromatic rings. The normalized spacial score (nSPS) is 22.5. The fourth-order valence-electron chi connectivity index (χ4n) is 3.85. The van der Waals surface area contributed by atoms with Crippen LogP contribution in [0.15, 0.2) is 24.3 Å². The Bertz CT molecular complexity index is 647. The van der Waals surface area contributed by atoms with E-state index in [2.05, 4.69) is 24.3 Å². The third kappa shape index (κ3) is 4.55. The summed E-state index contributed by atoms with van der Waals surface area (Å²) in [7, 11) is 4.18. The van der Waals surface area contributed by atoms with Gasteiger partial charge in [0.15, 0.2) is 0 Å². The zero-order chi connectivity index (χ0) is 18.5. The van der Waals surface area contributed by atoms with Crippen LogP contribution in [-0.4, -0.2) is 56.0 Å². The first-order valence-electron chi connectivity index (χ1n) is 9.52. The van der Waals surface area contributed by atoms with Gasteiger partial charge in [0.2, 0.25) is 11.8 Å². The van der Waals surface area contributed by atoms with E-state index < -0.39 is 0 Å². The number of hydrogen-bond donors (Lipinski definition) is 1. The SMILES string of the molecule is CN(C)[C@H]1CCC[C@@H](NC(=O)CCC(=O)N2CCOc3ccccc32)C1. The van der Waals surface area contributed by atoms with Crippen LogP contribution in [-0.2, 0) is 9.59 Å². The van der Waals surface area contributed by atoms with Crippen molar-refractivity contribution in [1.82, 2.24) is 10.2 Å². The molecule has 3 rings (SSSR count). The van der Waals surface area contributed by atoms with Crippen molar-refractivity contribution >= 4 is 17.5 Å². The van der Waals surface area contributed by atoms with Crippen molar-refractivity contribution in [2.75, 3.05) is 32.1 Å². The molecule has 6 nitrogen and oxygen atoms in total. The molecule has 142 valence electrons. The first-order chi connectivity index (χ1) is 12.5. The predicted molar refractivity (Wildman–Crippen MR) is 101 cm³/mol. The van der Waals surface area contributed by atoms with Crippen LogP contribution in [0, 0.1) is 0 Å². The summed E-state index contributed by atoms with van der Waals surface area (Å²) in [6.07, 6.45) is 4.81. The number of anilines is 1. The van der Waals surface area contributed by atoms with Gasteiger partial charge in [0.1, 0.15) is 12.4 Å². The van der Waals surface area contributed by atoms with Crippen LogP contribution in [0.2, 0.25) is 0 Å². The molecular weight excluding hydrogens is 330 g/mol. The molecule has 6 heteroatoms. The average molecular weight is 359 g/mol. The topological polar surface area (TPSA) is 61.9 Å². The molecule has 0 bridgehead atoms. The number of para-hydroxylation sites is 2. The molecule has 2 aliphatic rings. The first-order valence-corrected chi connectivity index (χ1v) is 9.52. The van der Waals surface area contributed by atoms with E-state index in [0.29, 0.717) is 19.2 Å². The van der Waals surface area contributed by atoms with Gasteiger partial charge in [0.25, 0.3) is 0 Å². The summed E-state index contributed by atoms with van der Waals surface area (Å²) in [5.41, 5.74) is 0.797. The maximum Gasteiger partial charge on any atom is 0.227 e. The van der Waals surface area contributed by atoms with Gasteiger partial charge in [0, 0.05) is 24.9 Å². The number of carbonyl (C=O) groups excluding carboxylic acids is 2. The third-order valence-electron chi connectivity index (χ3n) is 5.34. The highest BCUT2D eigenvalue weighted by atomic mass is 16.5. The van der Waals surface area contributed by atoms with Crippen molar-refractivity contribution in [3.63, 3.8) is 0 Å². The lowest BCUT2D eigenvalue weighted by Gasteiger charge is -2.33. The number of benzene rings is 1. The lowest BCUT2D eigenvalue weighted by atomic mass is 9.90. The summed E-state index contributed by atoms with van der Waals surface area (Å²) in [6.45, 7) is 1.02. The smallest absolute Gasteiger partial charge is 0.227 e. The minimum absolute atomic E-state index is 0.0225. The summed E-state index contributed by atoms with van der Waals surface area (Å²) in [4.78, 5) is 28.8. The number of fused-ring (bicyclic) bond motifs is 1. The number of hydrogen-bond acceptors (Lipinski definition) is 4. The highest BCUT2D eigenvalue weighted by Crippen LogP contribution is 2.31. The van der Waals surface area contributed by atoms with E-state index in [1.165, 1.54) is 6.42 Å². The Kier molecular flexibility index (Phi) is 6.14. The van der Waals surface area contributed by atoms with E-state index in [0.717, 1.165) is 30.7 Å². The zero-order valence-corrected chi connectivity index (χ0v) is 15.7. The van der Waals surface area contributed by atoms with Crippen molar-refractivity contribution in [1.29, 1.82) is 0 Å². The number of rotatable bonds is 5. The Morgan fingerprint density at radius 3 is 2.85 bits per heavy atom. The van der Waals surface area contributed by atoms with Gasteiger partial charge in [-0.2, -0.15) is 0 Å². The second-order valence-corrected chi connectivity index (χ2v) is 7.41. The molecule has 2 atom stereocenters. The molecule has 1 aliphatic carbocycles. The summed E-state index contributed by atoms with van der Waals surface area (Å²) in [5.74, 6) is 0.684. The molecule has 1 saturated carbocycles. The van der Waals surface area contributed by atoms with Gasteiger partial charge < -0.3 is 19.9 Å². The second-order valence-electron chi connectivity index (χ2n) is 7.41. The lowest BCUT2D eigenvalue weighted by Crippen LogP contribution is -2.44. The number of nitrogens with zero attached hydrogens (tertiary/aromatic N) is 2. The Morgan fingerprint density at radius 1 is 1.23 bits per heavy atom. The van der Waals surface area contributed by atoms with Crippen LogP contribution < -0.4 is 15.0 Å². The van der Waals surface area contributed by atoms with Crippen LogP contribution in [0.3, 0.4) is 0 Å². The summed E-state index contributed by atoms with van der Waals surface area (Å²) in [6, 6.07) is 8.29. The van der Waals surface area contributed by atoms with E-state index in [4.69, 9.17) is 4.74 Å². The first kappa shape index (κ1) is 18.7. The maximum atomic E-state index is 12.6. The van der Waals surface area contributed by atoms with Crippen molar-refractivity contribution in [2.45, 2.75) is 50.6 Å². The maximum absolute atomic E-state index is 12.6. The predicted octanol–water partition coefficient (Wildman–Crippen LogP) is 2.18. The summed E-state index contributed by atoms with van der Waals surface area (Å²) in [5, 5.41) is 3.12. The number of ether oxygens (including phenoxy) is 1. The van der Waals surface area contributed by atoms with E-state index in [9.17, 15) is 9.59 Å². The molecule has 1 heterocycles. The Labute approximate surface area is 155 Å². The van der Waals surface area contributed by atoms with Crippen molar-refractivity contribution < 1.29 is 14.3 Å². The van der Waals surface area contributed by atoms with E-state index in [-0.39, 0.29) is 30.7 Å². The number of nitrogens with one attached hydrogen (secondary N) is 1. The average Bonchev–Trinajstić information content (AvgIpc) is 2.66. The fraction of sp³-hybridized carbons (Fsp3) is 0.600. The van der Waals surface area contributed by atoms with Crippen LogP contribution in [0.1, 0.15) is 38.5 Å². The molecular formula is C20H29N3O3. The van der Waals surface area contributed by atoms with Gasteiger partial charge in [-0.15, -0.1) is 0 Å². The summed E-state index contributed by atoms with van der Waals surface area (Å²) < 4.78 is 5.58. The third-order valence-corrected chi connectivity index (χ3v) is 5.34. The number of carbonyl (C=O) groups is 2. The van der Waals surface area contributed by atoms with Crippen LogP contribution in [0.4, 0.5) is 5.69 Å². The molecule has 0 spiro atoms. The van der Waals surface area contributed by atoms with Gasteiger partial charge in [0.05, 0.1) is 12.2 Å². The quantitative estimate of drug-likeness (QED) is 0.875. The van der Waals surface area contributed by atoms with Gasteiger partial charge in [-0.3, -0.25) is 9.59 Å². The molecule has 2 amide bonds. The highest BCUT2D eigenvalue weighted by Gasteiger charge is 2.26. The number of amides is 2. The van der Waals surface area contributed by atoms with E-state index >= 15 is 0 Å². The van der Waals surface area contributed by atoms with Crippen LogP contribution in [0.25, 0.3) is 0 Å². The van der Waals surface area contributed by atoms with Crippen molar-refractivity contribution in [2.24, 2.45) is 0 Å². The van der Waals surface area contributed by atoms with Gasteiger partial charge in [-0.1, -0.05) is 12.1 Å². The lowest BCUT2D eigenvalue weighted by molar-refractivity contribution is -0.126. The minimum Gasteiger partial charge on any atom is -0.490 e. The fourth-order valence-corrected chi connectivity index (χ4v) is 3.85. The molecule has 26 heavy (non-hydrogen) atoms. The standard InChI is InChI=1S/C20H29N3O3/c1-22(2)16-7-5-6-15(14-16)21-19(24)10-11-20(25)23-12-13-26-18-9-4-3-8-17(18)23/h3-4,8-9,15-16H,5-7,10-14H2,1-2H3,(H,21,24)/t15-,16+/m1/s1. The Morgan fingerprint density at radius 2 is 2.04 bits per heavy atom. The van der Waals surface area contributed by atoms with Gasteiger partial charge >= 0.3 is 0 Å².